The summed E-state index contributed by atoms with van der Waals surface area (Å²) in [6.07, 6.45) is 3.93. The average molecular weight is 422 g/mol. The molecule has 0 bridgehead atoms. The van der Waals surface area contributed by atoms with Gasteiger partial charge in [0, 0.05) is 36.1 Å². The number of aliphatic hydroxyl groups is 1. The van der Waals surface area contributed by atoms with E-state index in [4.69, 9.17) is 14.7 Å². The molecule has 0 saturated carbocycles. The summed E-state index contributed by atoms with van der Waals surface area (Å²) in [5.74, 6) is -2.44. The van der Waals surface area contributed by atoms with E-state index in [1.807, 2.05) is 13.8 Å². The van der Waals surface area contributed by atoms with E-state index in [1.165, 1.54) is 12.1 Å². The smallest absolute Gasteiger partial charge is 0.328 e. The number of hydrogen-bond donors (Lipinski definition) is 3. The lowest BCUT2D eigenvalue weighted by Crippen LogP contribution is -2.36. The lowest BCUT2D eigenvalue weighted by atomic mass is 9.91. The van der Waals surface area contributed by atoms with E-state index in [9.17, 15) is 19.1 Å². The van der Waals surface area contributed by atoms with Crippen LogP contribution in [-0.4, -0.2) is 62.6 Å². The van der Waals surface area contributed by atoms with Crippen molar-refractivity contribution in [2.24, 2.45) is 0 Å². The van der Waals surface area contributed by atoms with Gasteiger partial charge in [0.15, 0.2) is 5.58 Å². The second-order valence-electron chi connectivity index (χ2n) is 7.90. The van der Waals surface area contributed by atoms with Gasteiger partial charge >= 0.3 is 11.9 Å². The number of carbonyl (C=O) groups is 2. The second kappa shape index (κ2) is 10.3. The molecule has 30 heavy (non-hydrogen) atoms. The van der Waals surface area contributed by atoms with Crippen molar-refractivity contribution >= 4 is 22.9 Å². The zero-order chi connectivity index (χ0) is 22.3. The first-order valence-electron chi connectivity index (χ1n) is 9.68. The molecule has 0 unspecified atom stereocenters. The number of aromatic nitrogens is 1. The molecular formula is C21H27FN2O6. The number of likely N-dealkylation sites (tertiary alicyclic amines) is 1. The predicted molar refractivity (Wildman–Crippen MR) is 108 cm³/mol. The second-order valence-corrected chi connectivity index (χ2v) is 7.90. The largest absolute Gasteiger partial charge is 0.478 e. The number of benzene rings is 1. The van der Waals surface area contributed by atoms with Crippen LogP contribution in [0.25, 0.3) is 11.0 Å². The van der Waals surface area contributed by atoms with Gasteiger partial charge in [-0.3, -0.25) is 0 Å². The highest BCUT2D eigenvalue weighted by molar-refractivity contribution is 5.89. The number of fused-ring (bicyclic) bond motifs is 1. The van der Waals surface area contributed by atoms with Crippen LogP contribution >= 0.6 is 0 Å². The highest BCUT2D eigenvalue weighted by atomic mass is 19.1. The van der Waals surface area contributed by atoms with Crippen molar-refractivity contribution in [1.82, 2.24) is 10.1 Å². The van der Waals surface area contributed by atoms with Gasteiger partial charge in [-0.2, -0.15) is 0 Å². The standard InChI is InChI=1S/C17H23FN2O2.C4H4O4/c1-17(2,21)7-10-20-8-5-12(6-9-20)16-14-4-3-13(18)11-15(14)22-19-16;5-3(6)1-2-4(7)8/h3-4,11-12,21H,5-10H2,1-2H3;1-2H,(H,5,6)(H,7,8)/b;2-1+. The Kier molecular flexibility index (Phi) is 8.08. The molecule has 1 aromatic heterocycles. The molecule has 3 N–H and O–H groups in total. The summed E-state index contributed by atoms with van der Waals surface area (Å²) in [6, 6.07) is 4.61. The van der Waals surface area contributed by atoms with Crippen LogP contribution in [-0.2, 0) is 9.59 Å². The first-order valence-corrected chi connectivity index (χ1v) is 9.68. The van der Waals surface area contributed by atoms with Crippen molar-refractivity contribution in [3.05, 3.63) is 41.9 Å². The quantitative estimate of drug-likeness (QED) is 0.607. The molecule has 0 aliphatic carbocycles. The average Bonchev–Trinajstić information content (AvgIpc) is 3.08. The third-order valence-corrected chi connectivity index (χ3v) is 4.84. The molecule has 8 nitrogen and oxygen atoms in total. The fraction of sp³-hybridized carbons (Fsp3) is 0.476. The van der Waals surface area contributed by atoms with Gasteiger partial charge < -0.3 is 24.7 Å². The molecule has 0 radical (unpaired) electrons. The Bertz CT molecular complexity index is 879. The summed E-state index contributed by atoms with van der Waals surface area (Å²) < 4.78 is 18.5. The number of halogens is 1. The molecule has 1 saturated heterocycles. The zero-order valence-corrected chi connectivity index (χ0v) is 17.0. The van der Waals surface area contributed by atoms with Crippen molar-refractivity contribution in [2.45, 2.75) is 44.6 Å². The van der Waals surface area contributed by atoms with Crippen molar-refractivity contribution < 1.29 is 33.8 Å². The number of carboxylic acids is 2. The molecule has 2 heterocycles. The van der Waals surface area contributed by atoms with Crippen LogP contribution in [0.15, 0.2) is 34.9 Å². The van der Waals surface area contributed by atoms with Crippen LogP contribution < -0.4 is 0 Å². The molecule has 0 spiro atoms. The van der Waals surface area contributed by atoms with E-state index in [1.54, 1.807) is 6.07 Å². The van der Waals surface area contributed by atoms with Gasteiger partial charge in [0.05, 0.1) is 11.3 Å². The van der Waals surface area contributed by atoms with Gasteiger partial charge in [-0.15, -0.1) is 0 Å². The summed E-state index contributed by atoms with van der Waals surface area (Å²) in [5.41, 5.74) is 0.875. The van der Waals surface area contributed by atoms with Crippen molar-refractivity contribution in [2.75, 3.05) is 19.6 Å². The number of piperidine rings is 1. The SMILES string of the molecule is CC(C)(O)CCN1CCC(c2noc3cc(F)ccc23)CC1.O=C(O)/C=C/C(=O)O. The molecular weight excluding hydrogens is 395 g/mol. The van der Waals surface area contributed by atoms with Gasteiger partial charge in [0.2, 0.25) is 0 Å². The van der Waals surface area contributed by atoms with Crippen LogP contribution in [0.3, 0.4) is 0 Å². The Morgan fingerprint density at radius 1 is 1.23 bits per heavy atom. The molecule has 1 fully saturated rings. The van der Waals surface area contributed by atoms with E-state index in [2.05, 4.69) is 10.1 Å². The van der Waals surface area contributed by atoms with Gasteiger partial charge in [-0.05, 0) is 58.3 Å². The molecule has 164 valence electrons. The molecule has 1 aromatic carbocycles. The Morgan fingerprint density at radius 2 is 1.83 bits per heavy atom. The van der Waals surface area contributed by atoms with Crippen LogP contribution in [0.2, 0.25) is 0 Å². The van der Waals surface area contributed by atoms with Crippen molar-refractivity contribution in [3.8, 4) is 0 Å². The van der Waals surface area contributed by atoms with Gasteiger partial charge in [-0.1, -0.05) is 5.16 Å². The summed E-state index contributed by atoms with van der Waals surface area (Å²) in [4.78, 5) is 21.5. The first kappa shape index (κ1) is 23.5. The number of rotatable bonds is 6. The van der Waals surface area contributed by atoms with Crippen molar-refractivity contribution in [3.63, 3.8) is 0 Å². The molecule has 0 amide bonds. The maximum Gasteiger partial charge on any atom is 0.328 e. The molecule has 1 aliphatic rings. The Hall–Kier alpha value is -2.78. The first-order chi connectivity index (χ1) is 14.0. The highest BCUT2D eigenvalue weighted by Gasteiger charge is 2.26. The minimum atomic E-state index is -1.26. The van der Waals surface area contributed by atoms with Crippen molar-refractivity contribution in [1.29, 1.82) is 0 Å². The van der Waals surface area contributed by atoms with Gasteiger partial charge in [0.25, 0.3) is 0 Å². The highest BCUT2D eigenvalue weighted by Crippen LogP contribution is 2.32. The number of aliphatic carboxylic acids is 2. The third kappa shape index (κ3) is 7.57. The summed E-state index contributed by atoms with van der Waals surface area (Å²) in [5, 5.41) is 30.5. The normalized spacial score (nSPS) is 15.9. The van der Waals surface area contributed by atoms with Gasteiger partial charge in [0.1, 0.15) is 5.82 Å². The van der Waals surface area contributed by atoms with Crippen LogP contribution in [0.4, 0.5) is 4.39 Å². The van der Waals surface area contributed by atoms with Gasteiger partial charge in [-0.25, -0.2) is 14.0 Å². The predicted octanol–water partition coefficient (Wildman–Crippen LogP) is 3.02. The monoisotopic (exact) mass is 422 g/mol. The van der Waals surface area contributed by atoms with E-state index < -0.39 is 17.5 Å². The van der Waals surface area contributed by atoms with Crippen LogP contribution in [0.5, 0.6) is 0 Å². The number of carboxylic acid groups (broad SMARTS) is 2. The number of nitrogens with zero attached hydrogens (tertiary/aromatic N) is 2. The fourth-order valence-electron chi connectivity index (χ4n) is 3.23. The van der Waals surface area contributed by atoms with E-state index in [0.717, 1.165) is 50.0 Å². The molecule has 3 rings (SSSR count). The maximum atomic E-state index is 13.2. The molecule has 1 aliphatic heterocycles. The van der Waals surface area contributed by atoms with E-state index in [0.29, 0.717) is 23.7 Å². The molecule has 2 aromatic rings. The molecule has 0 atom stereocenters. The lowest BCUT2D eigenvalue weighted by molar-refractivity contribution is -0.134. The van der Waals surface area contributed by atoms with Crippen LogP contribution in [0.1, 0.15) is 44.7 Å². The minimum absolute atomic E-state index is 0.295. The van der Waals surface area contributed by atoms with Crippen LogP contribution in [0, 0.1) is 5.82 Å². The Morgan fingerprint density at radius 3 is 2.37 bits per heavy atom. The number of hydrogen-bond acceptors (Lipinski definition) is 6. The zero-order valence-electron chi connectivity index (χ0n) is 17.0. The maximum absolute atomic E-state index is 13.2. The summed E-state index contributed by atoms with van der Waals surface area (Å²) in [7, 11) is 0. The summed E-state index contributed by atoms with van der Waals surface area (Å²) >= 11 is 0. The fourth-order valence-corrected chi connectivity index (χ4v) is 3.23. The summed E-state index contributed by atoms with van der Waals surface area (Å²) in [6.45, 7) is 6.61. The Balaban J connectivity index is 0.000000343. The lowest BCUT2D eigenvalue weighted by Gasteiger charge is -2.32. The minimum Gasteiger partial charge on any atom is -0.478 e. The van der Waals surface area contributed by atoms with E-state index >= 15 is 0 Å². The Labute approximate surface area is 173 Å². The third-order valence-electron chi connectivity index (χ3n) is 4.84. The topological polar surface area (TPSA) is 124 Å². The molecule has 9 heteroatoms. The van der Waals surface area contributed by atoms with E-state index in [-0.39, 0.29) is 5.82 Å².